The summed E-state index contributed by atoms with van der Waals surface area (Å²) in [5, 5.41) is 2.75. The van der Waals surface area contributed by atoms with Crippen LogP contribution in [-0.4, -0.2) is 25.6 Å². The Morgan fingerprint density at radius 2 is 1.74 bits per heavy atom. The normalized spacial score (nSPS) is 10.0. The summed E-state index contributed by atoms with van der Waals surface area (Å²) in [5.41, 5.74) is 2.04. The topological polar surface area (TPSA) is 64.6 Å². The number of ether oxygens (including phenoxy) is 2. The van der Waals surface area contributed by atoms with Crippen LogP contribution in [0.3, 0.4) is 0 Å². The molecule has 1 amide bonds. The van der Waals surface area contributed by atoms with E-state index in [-0.39, 0.29) is 18.1 Å². The number of nitrogens with one attached hydrogen (secondary N) is 1. The van der Waals surface area contributed by atoms with E-state index < -0.39 is 5.97 Å². The zero-order valence-corrected chi connectivity index (χ0v) is 13.2. The Morgan fingerprint density at radius 3 is 2.48 bits per heavy atom. The molecule has 2 aromatic rings. The van der Waals surface area contributed by atoms with Crippen LogP contribution in [0.25, 0.3) is 0 Å². The molecule has 0 aliphatic rings. The van der Waals surface area contributed by atoms with Crippen molar-refractivity contribution >= 4 is 17.6 Å². The Hall–Kier alpha value is -2.82. The Balaban J connectivity index is 1.95. The number of carbonyl (C=O) groups excluding carboxylic acids is 2. The minimum atomic E-state index is -0.596. The van der Waals surface area contributed by atoms with Gasteiger partial charge in [-0.2, -0.15) is 0 Å². The number of methoxy groups -OCH3 is 1. The molecule has 0 radical (unpaired) electrons. The van der Waals surface area contributed by atoms with Gasteiger partial charge in [-0.25, -0.2) is 4.79 Å². The molecule has 0 aliphatic heterocycles. The molecule has 0 aliphatic carbocycles. The van der Waals surface area contributed by atoms with Gasteiger partial charge in [0.25, 0.3) is 5.91 Å². The van der Waals surface area contributed by atoms with E-state index in [1.807, 2.05) is 31.2 Å². The number of carbonyl (C=O) groups is 2. The summed E-state index contributed by atoms with van der Waals surface area (Å²) in [5.74, 6) is -0.565. The van der Waals surface area contributed by atoms with Crippen LogP contribution in [0.2, 0.25) is 0 Å². The van der Waals surface area contributed by atoms with E-state index in [4.69, 9.17) is 9.47 Å². The van der Waals surface area contributed by atoms with Crippen LogP contribution in [0.5, 0.6) is 5.75 Å². The molecule has 5 heteroatoms. The average molecular weight is 313 g/mol. The van der Waals surface area contributed by atoms with Crippen molar-refractivity contribution in [3.05, 3.63) is 59.7 Å². The number of benzene rings is 2. The van der Waals surface area contributed by atoms with Crippen LogP contribution >= 0.6 is 0 Å². The van der Waals surface area contributed by atoms with Gasteiger partial charge in [-0.3, -0.25) is 4.79 Å². The van der Waals surface area contributed by atoms with Crippen molar-refractivity contribution in [1.82, 2.24) is 0 Å². The van der Waals surface area contributed by atoms with Gasteiger partial charge in [0.05, 0.1) is 7.11 Å². The lowest BCUT2D eigenvalue weighted by Crippen LogP contribution is -2.21. The van der Waals surface area contributed by atoms with Crippen LogP contribution < -0.4 is 10.1 Å². The first kappa shape index (κ1) is 16.5. The fraction of sp³-hybridized carbons (Fsp3) is 0.222. The summed E-state index contributed by atoms with van der Waals surface area (Å²) in [6.07, 6.45) is 0.803. The number of hydrogen-bond acceptors (Lipinski definition) is 4. The molecule has 2 aromatic carbocycles. The molecule has 0 fully saturated rings. The third kappa shape index (κ3) is 4.32. The summed E-state index contributed by atoms with van der Waals surface area (Å²) in [6.45, 7) is 1.65. The van der Waals surface area contributed by atoms with Gasteiger partial charge in [-0.05, 0) is 30.2 Å². The number of rotatable bonds is 6. The number of para-hydroxylation sites is 2. The van der Waals surface area contributed by atoms with Crippen LogP contribution in [0, 0.1) is 0 Å². The first-order valence-corrected chi connectivity index (χ1v) is 7.33. The molecule has 2 rings (SSSR count). The van der Waals surface area contributed by atoms with E-state index in [2.05, 4.69) is 5.32 Å². The van der Waals surface area contributed by atoms with E-state index in [1.54, 1.807) is 24.3 Å². The SMILES string of the molecule is CCc1ccccc1NC(=O)COC(=O)c1ccccc1OC. The van der Waals surface area contributed by atoms with Crippen LogP contribution in [-0.2, 0) is 16.0 Å². The van der Waals surface area contributed by atoms with Gasteiger partial charge in [0.15, 0.2) is 6.61 Å². The summed E-state index contributed by atoms with van der Waals surface area (Å²) >= 11 is 0. The lowest BCUT2D eigenvalue weighted by atomic mass is 10.1. The lowest BCUT2D eigenvalue weighted by Gasteiger charge is -2.11. The van der Waals surface area contributed by atoms with Crippen molar-refractivity contribution in [3.63, 3.8) is 0 Å². The van der Waals surface area contributed by atoms with Crippen LogP contribution in [0.15, 0.2) is 48.5 Å². The second-order valence-corrected chi connectivity index (χ2v) is 4.84. The highest BCUT2D eigenvalue weighted by Gasteiger charge is 2.15. The maximum Gasteiger partial charge on any atom is 0.342 e. The van der Waals surface area contributed by atoms with Gasteiger partial charge in [0, 0.05) is 5.69 Å². The summed E-state index contributed by atoms with van der Waals surface area (Å²) in [4.78, 5) is 24.0. The molecule has 0 heterocycles. The summed E-state index contributed by atoms with van der Waals surface area (Å²) in [6, 6.07) is 14.2. The molecule has 1 N–H and O–H groups in total. The molecule has 120 valence electrons. The predicted molar refractivity (Wildman–Crippen MR) is 87.7 cm³/mol. The van der Waals surface area contributed by atoms with E-state index in [1.165, 1.54) is 7.11 Å². The monoisotopic (exact) mass is 313 g/mol. The Morgan fingerprint density at radius 1 is 1.04 bits per heavy atom. The van der Waals surface area contributed by atoms with Gasteiger partial charge < -0.3 is 14.8 Å². The van der Waals surface area contributed by atoms with Gasteiger partial charge in [-0.15, -0.1) is 0 Å². The standard InChI is InChI=1S/C18H19NO4/c1-3-13-8-4-6-10-15(13)19-17(20)12-23-18(21)14-9-5-7-11-16(14)22-2/h4-11H,3,12H2,1-2H3,(H,19,20). The van der Waals surface area contributed by atoms with Gasteiger partial charge in [0.2, 0.25) is 0 Å². The molecule has 0 saturated heterocycles. The molecule has 0 unspecified atom stereocenters. The first-order chi connectivity index (χ1) is 11.2. The number of esters is 1. The Kier molecular flexibility index (Phi) is 5.74. The zero-order valence-electron chi connectivity index (χ0n) is 13.2. The fourth-order valence-electron chi connectivity index (χ4n) is 2.16. The van der Waals surface area contributed by atoms with Crippen molar-refractivity contribution < 1.29 is 19.1 Å². The maximum absolute atomic E-state index is 12.0. The zero-order chi connectivity index (χ0) is 16.7. The van der Waals surface area contributed by atoms with Crippen molar-refractivity contribution in [3.8, 4) is 5.75 Å². The van der Waals surface area contributed by atoms with E-state index in [0.717, 1.165) is 17.7 Å². The quantitative estimate of drug-likeness (QED) is 0.833. The largest absolute Gasteiger partial charge is 0.496 e. The Labute approximate surface area is 135 Å². The second kappa shape index (κ2) is 7.98. The Bertz CT molecular complexity index is 697. The molecule has 0 aromatic heterocycles. The predicted octanol–water partition coefficient (Wildman–Crippen LogP) is 3.05. The van der Waals surface area contributed by atoms with Gasteiger partial charge in [-0.1, -0.05) is 37.3 Å². The third-order valence-electron chi connectivity index (χ3n) is 3.33. The number of hydrogen-bond donors (Lipinski definition) is 1. The van der Waals surface area contributed by atoms with Crippen molar-refractivity contribution in [2.24, 2.45) is 0 Å². The van der Waals surface area contributed by atoms with Crippen LogP contribution in [0.1, 0.15) is 22.8 Å². The van der Waals surface area contributed by atoms with E-state index >= 15 is 0 Å². The number of anilines is 1. The van der Waals surface area contributed by atoms with Crippen molar-refractivity contribution in [2.45, 2.75) is 13.3 Å². The third-order valence-corrected chi connectivity index (χ3v) is 3.33. The highest BCUT2D eigenvalue weighted by atomic mass is 16.5. The maximum atomic E-state index is 12.0. The molecule has 0 bridgehead atoms. The van der Waals surface area contributed by atoms with Crippen molar-refractivity contribution in [2.75, 3.05) is 19.0 Å². The molecule has 0 saturated carbocycles. The van der Waals surface area contributed by atoms with Gasteiger partial charge in [0.1, 0.15) is 11.3 Å². The first-order valence-electron chi connectivity index (χ1n) is 7.33. The summed E-state index contributed by atoms with van der Waals surface area (Å²) in [7, 11) is 1.47. The molecule has 23 heavy (non-hydrogen) atoms. The average Bonchev–Trinajstić information content (AvgIpc) is 2.60. The highest BCUT2D eigenvalue weighted by molar-refractivity contribution is 5.97. The minimum Gasteiger partial charge on any atom is -0.496 e. The molecular weight excluding hydrogens is 294 g/mol. The molecule has 0 spiro atoms. The fourth-order valence-corrected chi connectivity index (χ4v) is 2.16. The highest BCUT2D eigenvalue weighted by Crippen LogP contribution is 2.18. The molecule has 5 nitrogen and oxygen atoms in total. The second-order valence-electron chi connectivity index (χ2n) is 4.84. The number of amides is 1. The van der Waals surface area contributed by atoms with Gasteiger partial charge >= 0.3 is 5.97 Å². The summed E-state index contributed by atoms with van der Waals surface area (Å²) < 4.78 is 10.1. The van der Waals surface area contributed by atoms with E-state index in [9.17, 15) is 9.59 Å². The molecule has 0 atom stereocenters. The molecular formula is C18H19NO4. The minimum absolute atomic E-state index is 0.289. The van der Waals surface area contributed by atoms with Crippen molar-refractivity contribution in [1.29, 1.82) is 0 Å². The lowest BCUT2D eigenvalue weighted by molar-refractivity contribution is -0.119. The number of aryl methyl sites for hydroxylation is 1. The smallest absolute Gasteiger partial charge is 0.342 e. The van der Waals surface area contributed by atoms with Crippen LogP contribution in [0.4, 0.5) is 5.69 Å². The van der Waals surface area contributed by atoms with E-state index in [0.29, 0.717) is 5.75 Å².